The van der Waals surface area contributed by atoms with Gasteiger partial charge in [-0.15, -0.1) is 0 Å². The number of hydrogen-bond acceptors (Lipinski definition) is 2. The van der Waals surface area contributed by atoms with Gasteiger partial charge in [0, 0.05) is 28.6 Å². The Labute approximate surface area is 166 Å². The molecular formula is C18H14Br3NO2. The topological polar surface area (TPSA) is 29.5 Å². The molecule has 124 valence electrons. The number of benzene rings is 2. The molecule has 0 saturated heterocycles. The molecule has 1 heterocycles. The number of carbonyl (C=O) groups excluding carboxylic acids is 1. The van der Waals surface area contributed by atoms with E-state index in [4.69, 9.17) is 4.74 Å². The molecule has 0 fully saturated rings. The number of likely N-dealkylation sites (N-methyl/N-ethyl adjacent to an activating group) is 1. The molecule has 0 aromatic heterocycles. The number of rotatable bonds is 2. The highest BCUT2D eigenvalue weighted by atomic mass is 79.9. The van der Waals surface area contributed by atoms with Gasteiger partial charge in [0.25, 0.3) is 5.91 Å². The summed E-state index contributed by atoms with van der Waals surface area (Å²) in [5.74, 6) is 0.672. The molecule has 3 nitrogen and oxygen atoms in total. The SMILES string of the molecule is CN(C)C(=O)C1=Cc2cc(Br)cc(Br)c2OC1c1ccc(Br)cc1. The molecular weight excluding hydrogens is 502 g/mol. The lowest BCUT2D eigenvalue weighted by Gasteiger charge is -2.29. The Morgan fingerprint density at radius 3 is 2.33 bits per heavy atom. The van der Waals surface area contributed by atoms with Crippen LogP contribution in [0.25, 0.3) is 6.08 Å². The highest BCUT2D eigenvalue weighted by Gasteiger charge is 2.31. The van der Waals surface area contributed by atoms with E-state index in [2.05, 4.69) is 47.8 Å². The van der Waals surface area contributed by atoms with E-state index in [0.29, 0.717) is 5.57 Å². The fraction of sp³-hybridized carbons (Fsp3) is 0.167. The first kappa shape index (κ1) is 17.7. The molecule has 0 N–H and O–H groups in total. The molecule has 0 spiro atoms. The van der Waals surface area contributed by atoms with E-state index in [9.17, 15) is 4.79 Å². The summed E-state index contributed by atoms with van der Waals surface area (Å²) in [6, 6.07) is 11.7. The Morgan fingerprint density at radius 1 is 1.04 bits per heavy atom. The summed E-state index contributed by atoms with van der Waals surface area (Å²) < 4.78 is 8.98. The van der Waals surface area contributed by atoms with E-state index >= 15 is 0 Å². The molecule has 0 saturated carbocycles. The van der Waals surface area contributed by atoms with Crippen molar-refractivity contribution in [2.75, 3.05) is 14.1 Å². The second kappa shape index (κ2) is 7.02. The van der Waals surface area contributed by atoms with Gasteiger partial charge in [0.2, 0.25) is 0 Å². The third-order valence-electron chi connectivity index (χ3n) is 3.69. The Bertz CT molecular complexity index is 829. The predicted octanol–water partition coefficient (Wildman–Crippen LogP) is 5.58. The molecule has 1 unspecified atom stereocenters. The van der Waals surface area contributed by atoms with Crippen molar-refractivity contribution in [3.63, 3.8) is 0 Å². The van der Waals surface area contributed by atoms with Crippen LogP contribution in [0, 0.1) is 0 Å². The van der Waals surface area contributed by atoms with E-state index in [1.54, 1.807) is 19.0 Å². The van der Waals surface area contributed by atoms with Crippen LogP contribution in [-0.2, 0) is 4.79 Å². The van der Waals surface area contributed by atoms with Crippen molar-refractivity contribution in [3.8, 4) is 5.75 Å². The predicted molar refractivity (Wildman–Crippen MR) is 106 cm³/mol. The molecule has 0 aliphatic carbocycles. The van der Waals surface area contributed by atoms with Crippen molar-refractivity contribution >= 4 is 59.8 Å². The largest absolute Gasteiger partial charge is 0.479 e. The molecule has 6 heteroatoms. The van der Waals surface area contributed by atoms with Gasteiger partial charge in [0.05, 0.1) is 10.0 Å². The van der Waals surface area contributed by atoms with Gasteiger partial charge in [-0.05, 0) is 51.8 Å². The van der Waals surface area contributed by atoms with Crippen molar-refractivity contribution in [1.29, 1.82) is 0 Å². The number of ether oxygens (including phenoxy) is 1. The van der Waals surface area contributed by atoms with Gasteiger partial charge >= 0.3 is 0 Å². The average Bonchev–Trinajstić information content (AvgIpc) is 2.53. The molecule has 1 aliphatic rings. The van der Waals surface area contributed by atoms with Crippen LogP contribution in [-0.4, -0.2) is 24.9 Å². The first-order chi connectivity index (χ1) is 11.4. The molecule has 0 radical (unpaired) electrons. The average molecular weight is 516 g/mol. The molecule has 1 atom stereocenters. The first-order valence-electron chi connectivity index (χ1n) is 7.21. The number of fused-ring (bicyclic) bond motifs is 1. The third kappa shape index (κ3) is 3.46. The van der Waals surface area contributed by atoms with E-state index in [1.165, 1.54) is 0 Å². The minimum atomic E-state index is -0.446. The van der Waals surface area contributed by atoms with Crippen LogP contribution in [0.3, 0.4) is 0 Å². The normalized spacial score (nSPS) is 16.0. The second-order valence-corrected chi connectivity index (χ2v) is 8.34. The van der Waals surface area contributed by atoms with Gasteiger partial charge < -0.3 is 9.64 Å². The molecule has 1 amide bonds. The summed E-state index contributed by atoms with van der Waals surface area (Å²) >= 11 is 10.5. The second-order valence-electron chi connectivity index (χ2n) is 5.65. The van der Waals surface area contributed by atoms with Crippen molar-refractivity contribution in [2.24, 2.45) is 0 Å². The minimum absolute atomic E-state index is 0.0651. The number of nitrogens with zero attached hydrogens (tertiary/aromatic N) is 1. The molecule has 24 heavy (non-hydrogen) atoms. The lowest BCUT2D eigenvalue weighted by atomic mass is 9.95. The monoisotopic (exact) mass is 513 g/mol. The lowest BCUT2D eigenvalue weighted by Crippen LogP contribution is -2.29. The van der Waals surface area contributed by atoms with Gasteiger partial charge in [-0.25, -0.2) is 0 Å². The maximum Gasteiger partial charge on any atom is 0.253 e. The summed E-state index contributed by atoms with van der Waals surface area (Å²) in [5.41, 5.74) is 2.41. The number of halogens is 3. The number of carbonyl (C=O) groups is 1. The lowest BCUT2D eigenvalue weighted by molar-refractivity contribution is -0.125. The first-order valence-corrected chi connectivity index (χ1v) is 9.59. The van der Waals surface area contributed by atoms with Crippen LogP contribution >= 0.6 is 47.8 Å². The van der Waals surface area contributed by atoms with Gasteiger partial charge in [-0.2, -0.15) is 0 Å². The fourth-order valence-electron chi connectivity index (χ4n) is 2.55. The van der Waals surface area contributed by atoms with Crippen LogP contribution < -0.4 is 4.74 Å². The minimum Gasteiger partial charge on any atom is -0.479 e. The third-order valence-corrected chi connectivity index (χ3v) is 5.27. The van der Waals surface area contributed by atoms with Gasteiger partial charge in [0.15, 0.2) is 6.10 Å². The zero-order valence-electron chi connectivity index (χ0n) is 13.0. The highest BCUT2D eigenvalue weighted by Crippen LogP contribution is 2.43. The maximum absolute atomic E-state index is 12.7. The van der Waals surface area contributed by atoms with Gasteiger partial charge in [-0.1, -0.05) is 44.0 Å². The smallest absolute Gasteiger partial charge is 0.253 e. The summed E-state index contributed by atoms with van der Waals surface area (Å²) in [4.78, 5) is 14.2. The van der Waals surface area contributed by atoms with Crippen LogP contribution in [0.4, 0.5) is 0 Å². The van der Waals surface area contributed by atoms with Crippen LogP contribution in [0.2, 0.25) is 0 Å². The Morgan fingerprint density at radius 2 is 1.71 bits per heavy atom. The van der Waals surface area contributed by atoms with Crippen molar-refractivity contribution in [3.05, 3.63) is 66.5 Å². The standard InChI is InChI=1S/C18H14Br3NO2/c1-22(2)18(23)14-8-11-7-13(20)9-15(21)17(11)24-16(14)10-3-5-12(19)6-4-10/h3-9,16H,1-2H3. The number of hydrogen-bond donors (Lipinski definition) is 0. The van der Waals surface area contributed by atoms with Crippen molar-refractivity contribution < 1.29 is 9.53 Å². The Kier molecular flexibility index (Phi) is 5.18. The molecule has 0 bridgehead atoms. The van der Waals surface area contributed by atoms with Crippen molar-refractivity contribution in [2.45, 2.75) is 6.10 Å². The van der Waals surface area contributed by atoms with Crippen LogP contribution in [0.1, 0.15) is 17.2 Å². The van der Waals surface area contributed by atoms with Gasteiger partial charge in [-0.3, -0.25) is 4.79 Å². The highest BCUT2D eigenvalue weighted by molar-refractivity contribution is 9.11. The van der Waals surface area contributed by atoms with Crippen LogP contribution in [0.15, 0.2) is 55.4 Å². The molecule has 1 aliphatic heterocycles. The maximum atomic E-state index is 12.7. The zero-order chi connectivity index (χ0) is 17.4. The fourth-order valence-corrected chi connectivity index (χ4v) is 4.17. The van der Waals surface area contributed by atoms with E-state index in [-0.39, 0.29) is 5.91 Å². The van der Waals surface area contributed by atoms with Crippen LogP contribution in [0.5, 0.6) is 5.75 Å². The summed E-state index contributed by atoms with van der Waals surface area (Å²) in [7, 11) is 3.49. The van der Waals surface area contributed by atoms with E-state index < -0.39 is 6.10 Å². The molecule has 3 rings (SSSR count). The Balaban J connectivity index is 2.14. The van der Waals surface area contributed by atoms with Gasteiger partial charge in [0.1, 0.15) is 5.75 Å². The summed E-state index contributed by atoms with van der Waals surface area (Å²) in [6.07, 6.45) is 1.46. The molecule has 2 aromatic rings. The number of amides is 1. The summed E-state index contributed by atoms with van der Waals surface area (Å²) in [5, 5.41) is 0. The molecule has 2 aromatic carbocycles. The van der Waals surface area contributed by atoms with Crippen molar-refractivity contribution in [1.82, 2.24) is 4.90 Å². The zero-order valence-corrected chi connectivity index (χ0v) is 17.8. The Hall–Kier alpha value is -1.11. The quantitative estimate of drug-likeness (QED) is 0.522. The van der Waals surface area contributed by atoms with E-state index in [1.807, 2.05) is 42.5 Å². The summed E-state index contributed by atoms with van der Waals surface area (Å²) in [6.45, 7) is 0. The van der Waals surface area contributed by atoms with E-state index in [0.717, 1.165) is 30.3 Å².